The van der Waals surface area contributed by atoms with E-state index in [4.69, 9.17) is 5.11 Å². The van der Waals surface area contributed by atoms with E-state index in [-0.39, 0.29) is 22.8 Å². The highest BCUT2D eigenvalue weighted by Crippen LogP contribution is 2.15. The Morgan fingerprint density at radius 3 is 2.47 bits per heavy atom. The van der Waals surface area contributed by atoms with Crippen LogP contribution in [0, 0.1) is 0 Å². The van der Waals surface area contributed by atoms with Gasteiger partial charge in [0.15, 0.2) is 5.78 Å². The molecule has 2 rings (SSSR count). The second-order valence-corrected chi connectivity index (χ2v) is 3.49. The summed E-state index contributed by atoms with van der Waals surface area (Å²) in [5.41, 5.74) is 0.502. The van der Waals surface area contributed by atoms with Crippen molar-refractivity contribution in [3.05, 3.63) is 53.3 Å². The maximum Gasteiger partial charge on any atom is 0.352 e. The molecule has 0 amide bonds. The predicted octanol–water partition coefficient (Wildman–Crippen LogP) is 1.65. The number of carboxylic acids is 1. The minimum absolute atomic E-state index is 0.00940. The second kappa shape index (κ2) is 4.13. The van der Waals surface area contributed by atoms with Gasteiger partial charge in [0.25, 0.3) is 0 Å². The minimum atomic E-state index is -1.13. The fourth-order valence-corrected chi connectivity index (χ4v) is 1.46. The van der Waals surface area contributed by atoms with E-state index >= 15 is 0 Å². The molecular formula is C12H9NO4. The maximum absolute atomic E-state index is 11.9. The topological polar surface area (TPSA) is 90.4 Å². The van der Waals surface area contributed by atoms with Crippen molar-refractivity contribution in [2.45, 2.75) is 0 Å². The van der Waals surface area contributed by atoms with Gasteiger partial charge in [0.2, 0.25) is 0 Å². The number of aromatic nitrogens is 1. The van der Waals surface area contributed by atoms with Gasteiger partial charge in [-0.25, -0.2) is 4.79 Å². The van der Waals surface area contributed by atoms with Gasteiger partial charge < -0.3 is 15.2 Å². The summed E-state index contributed by atoms with van der Waals surface area (Å²) in [5.74, 6) is -1.48. The van der Waals surface area contributed by atoms with Crippen LogP contribution in [0.5, 0.6) is 5.75 Å². The van der Waals surface area contributed by atoms with Crippen molar-refractivity contribution in [3.63, 3.8) is 0 Å². The van der Waals surface area contributed by atoms with E-state index in [0.29, 0.717) is 5.56 Å². The van der Waals surface area contributed by atoms with Crippen molar-refractivity contribution in [2.24, 2.45) is 0 Å². The lowest BCUT2D eigenvalue weighted by Crippen LogP contribution is -1.99. The van der Waals surface area contributed by atoms with Crippen molar-refractivity contribution in [1.82, 2.24) is 4.98 Å². The van der Waals surface area contributed by atoms with E-state index in [1.54, 1.807) is 12.1 Å². The summed E-state index contributed by atoms with van der Waals surface area (Å²) in [6.07, 6.45) is 1.33. The molecule has 0 spiro atoms. The highest BCUT2D eigenvalue weighted by Gasteiger charge is 2.14. The van der Waals surface area contributed by atoms with Crippen molar-refractivity contribution in [2.75, 3.05) is 0 Å². The Hall–Kier alpha value is -2.56. The number of carbonyl (C=O) groups excluding carboxylic acids is 1. The number of aromatic hydroxyl groups is 1. The third kappa shape index (κ3) is 2.17. The quantitative estimate of drug-likeness (QED) is 0.700. The van der Waals surface area contributed by atoms with Gasteiger partial charge in [0.05, 0.1) is 0 Å². The number of aromatic carboxylic acids is 1. The molecule has 1 aromatic carbocycles. The molecule has 1 heterocycles. The van der Waals surface area contributed by atoms with Gasteiger partial charge in [-0.1, -0.05) is 12.1 Å². The van der Waals surface area contributed by atoms with E-state index < -0.39 is 5.97 Å². The maximum atomic E-state index is 11.9. The summed E-state index contributed by atoms with van der Waals surface area (Å²) < 4.78 is 0. The molecule has 5 nitrogen and oxygen atoms in total. The first-order valence-electron chi connectivity index (χ1n) is 4.83. The zero-order valence-electron chi connectivity index (χ0n) is 8.68. The highest BCUT2D eigenvalue weighted by atomic mass is 16.4. The van der Waals surface area contributed by atoms with Gasteiger partial charge in [-0.15, -0.1) is 0 Å². The molecule has 0 radical (unpaired) electrons. The van der Waals surface area contributed by atoms with Crippen LogP contribution in [-0.2, 0) is 0 Å². The smallest absolute Gasteiger partial charge is 0.352 e. The van der Waals surface area contributed by atoms with E-state index in [1.165, 1.54) is 24.4 Å². The van der Waals surface area contributed by atoms with Crippen LogP contribution in [0.15, 0.2) is 36.5 Å². The van der Waals surface area contributed by atoms with Gasteiger partial charge in [-0.05, 0) is 18.2 Å². The molecule has 0 aliphatic carbocycles. The van der Waals surface area contributed by atoms with Crippen LogP contribution < -0.4 is 0 Å². The Morgan fingerprint density at radius 2 is 1.88 bits per heavy atom. The largest absolute Gasteiger partial charge is 0.508 e. The molecular weight excluding hydrogens is 222 g/mol. The zero-order chi connectivity index (χ0) is 12.4. The Bertz CT molecular complexity index is 586. The van der Waals surface area contributed by atoms with Crippen LogP contribution in [0.2, 0.25) is 0 Å². The third-order valence-corrected chi connectivity index (χ3v) is 2.28. The molecule has 0 aliphatic rings. The molecule has 5 heteroatoms. The van der Waals surface area contributed by atoms with Gasteiger partial charge in [0, 0.05) is 17.3 Å². The summed E-state index contributed by atoms with van der Waals surface area (Å²) in [6.45, 7) is 0. The number of hydrogen-bond acceptors (Lipinski definition) is 3. The lowest BCUT2D eigenvalue weighted by Gasteiger charge is -1.98. The summed E-state index contributed by atoms with van der Waals surface area (Å²) >= 11 is 0. The molecule has 0 bridgehead atoms. The molecule has 0 saturated heterocycles. The van der Waals surface area contributed by atoms with Crippen LogP contribution in [0.3, 0.4) is 0 Å². The normalized spacial score (nSPS) is 10.1. The molecule has 2 aromatic rings. The molecule has 0 atom stereocenters. The van der Waals surface area contributed by atoms with Crippen molar-refractivity contribution < 1.29 is 19.8 Å². The van der Waals surface area contributed by atoms with Crippen molar-refractivity contribution in [3.8, 4) is 5.75 Å². The number of carbonyl (C=O) groups is 2. The zero-order valence-corrected chi connectivity index (χ0v) is 8.68. The first kappa shape index (κ1) is 10.9. The average molecular weight is 231 g/mol. The number of ketones is 1. The molecule has 17 heavy (non-hydrogen) atoms. The summed E-state index contributed by atoms with van der Waals surface area (Å²) in [7, 11) is 0. The van der Waals surface area contributed by atoms with E-state index in [1.807, 2.05) is 0 Å². The molecule has 0 saturated carbocycles. The number of H-pyrrole nitrogens is 1. The summed E-state index contributed by atoms with van der Waals surface area (Å²) in [5, 5.41) is 18.0. The fraction of sp³-hybridized carbons (Fsp3) is 0. The van der Waals surface area contributed by atoms with E-state index in [0.717, 1.165) is 0 Å². The molecule has 3 N–H and O–H groups in total. The van der Waals surface area contributed by atoms with Gasteiger partial charge in [-0.2, -0.15) is 0 Å². The van der Waals surface area contributed by atoms with Crippen LogP contribution in [0.25, 0.3) is 0 Å². The lowest BCUT2D eigenvalue weighted by atomic mass is 10.1. The Balaban J connectivity index is 2.34. The molecule has 0 aliphatic heterocycles. The second-order valence-electron chi connectivity index (χ2n) is 3.49. The predicted molar refractivity (Wildman–Crippen MR) is 59.3 cm³/mol. The van der Waals surface area contributed by atoms with Gasteiger partial charge in [0.1, 0.15) is 11.4 Å². The fourth-order valence-electron chi connectivity index (χ4n) is 1.46. The van der Waals surface area contributed by atoms with Gasteiger partial charge in [-0.3, -0.25) is 4.79 Å². The number of carboxylic acid groups (broad SMARTS) is 1. The highest BCUT2D eigenvalue weighted by molar-refractivity contribution is 6.10. The van der Waals surface area contributed by atoms with Crippen LogP contribution in [0.1, 0.15) is 26.4 Å². The monoisotopic (exact) mass is 231 g/mol. The number of benzene rings is 1. The lowest BCUT2D eigenvalue weighted by molar-refractivity contribution is 0.0691. The number of phenolic OH excluding ortho intramolecular Hbond substituents is 1. The number of hydrogen-bond donors (Lipinski definition) is 3. The molecule has 0 unspecified atom stereocenters. The van der Waals surface area contributed by atoms with Crippen molar-refractivity contribution >= 4 is 11.8 Å². The molecule has 0 fully saturated rings. The average Bonchev–Trinajstić information content (AvgIpc) is 2.77. The Morgan fingerprint density at radius 1 is 1.12 bits per heavy atom. The van der Waals surface area contributed by atoms with Crippen LogP contribution in [0.4, 0.5) is 0 Å². The van der Waals surface area contributed by atoms with Crippen LogP contribution >= 0.6 is 0 Å². The number of rotatable bonds is 3. The summed E-state index contributed by atoms with van der Waals surface area (Å²) in [6, 6.07) is 7.14. The van der Waals surface area contributed by atoms with Gasteiger partial charge >= 0.3 is 5.97 Å². The van der Waals surface area contributed by atoms with E-state index in [9.17, 15) is 14.7 Å². The number of phenols is 1. The molecule has 1 aromatic heterocycles. The standard InChI is InChI=1S/C12H9NO4/c14-9-3-1-2-7(4-9)11(15)8-5-10(12(16)17)13-6-8/h1-6,13-14H,(H,16,17). The Labute approximate surface area is 96.3 Å². The number of aromatic amines is 1. The Kier molecular flexibility index (Phi) is 2.66. The first-order chi connectivity index (χ1) is 8.08. The number of nitrogens with one attached hydrogen (secondary N) is 1. The SMILES string of the molecule is O=C(c1cccc(O)c1)c1c[nH]c(C(=O)O)c1. The summed E-state index contributed by atoms with van der Waals surface area (Å²) in [4.78, 5) is 25.0. The van der Waals surface area contributed by atoms with Crippen LogP contribution in [-0.4, -0.2) is 26.9 Å². The third-order valence-electron chi connectivity index (χ3n) is 2.28. The van der Waals surface area contributed by atoms with Crippen molar-refractivity contribution in [1.29, 1.82) is 0 Å². The first-order valence-corrected chi connectivity index (χ1v) is 4.83. The van der Waals surface area contributed by atoms with E-state index in [2.05, 4.69) is 4.98 Å². The minimum Gasteiger partial charge on any atom is -0.508 e. The molecule has 86 valence electrons.